The molecule has 3 heterocycles. The van der Waals surface area contributed by atoms with E-state index in [1.807, 2.05) is 0 Å². The van der Waals surface area contributed by atoms with E-state index < -0.39 is 17.3 Å². The number of aromatic nitrogens is 3. The highest BCUT2D eigenvalue weighted by atomic mass is 35.5. The molecule has 25 heavy (non-hydrogen) atoms. The first-order valence-corrected chi connectivity index (χ1v) is 7.69. The number of halogens is 4. The quantitative estimate of drug-likeness (QED) is 0.713. The molecule has 0 aliphatic heterocycles. The Bertz CT molecular complexity index is 1000. The van der Waals surface area contributed by atoms with E-state index in [-0.39, 0.29) is 27.7 Å². The van der Waals surface area contributed by atoms with Crippen molar-refractivity contribution in [3.63, 3.8) is 0 Å². The van der Waals surface area contributed by atoms with Crippen LogP contribution in [0.4, 0.5) is 19.1 Å². The lowest BCUT2D eigenvalue weighted by atomic mass is 10.1. The average Bonchev–Trinajstić information content (AvgIpc) is 2.55. The Labute approximate surface area is 145 Å². The molecule has 0 unspecified atom stereocenters. The molecule has 1 N–H and O–H groups in total. The predicted molar refractivity (Wildman–Crippen MR) is 88.9 cm³/mol. The second kappa shape index (κ2) is 6.36. The highest BCUT2D eigenvalue weighted by Gasteiger charge is 2.31. The van der Waals surface area contributed by atoms with E-state index in [0.717, 1.165) is 12.1 Å². The van der Waals surface area contributed by atoms with Crippen LogP contribution < -0.4 is 10.9 Å². The lowest BCUT2D eigenvalue weighted by Crippen LogP contribution is -2.19. The Morgan fingerprint density at radius 3 is 2.72 bits per heavy atom. The molecule has 3 rings (SSSR count). The third-order valence-corrected chi connectivity index (χ3v) is 3.85. The molecule has 0 spiro atoms. The van der Waals surface area contributed by atoms with Gasteiger partial charge in [-0.3, -0.25) is 9.20 Å². The normalized spacial score (nSPS) is 11.7. The molecular formula is C16H12ClF3N4O. The molecule has 130 valence electrons. The van der Waals surface area contributed by atoms with Gasteiger partial charge in [0.15, 0.2) is 0 Å². The maximum absolute atomic E-state index is 13.1. The molecule has 0 amide bonds. The van der Waals surface area contributed by atoms with Crippen molar-refractivity contribution in [2.45, 2.75) is 13.1 Å². The van der Waals surface area contributed by atoms with Crippen molar-refractivity contribution in [3.8, 4) is 11.1 Å². The first-order valence-electron chi connectivity index (χ1n) is 7.31. The summed E-state index contributed by atoms with van der Waals surface area (Å²) >= 11 is 6.04. The zero-order valence-corrected chi connectivity index (χ0v) is 13.7. The first-order chi connectivity index (χ1) is 11.8. The molecule has 5 nitrogen and oxygen atoms in total. The molecular weight excluding hydrogens is 357 g/mol. The number of rotatable bonds is 3. The van der Waals surface area contributed by atoms with Gasteiger partial charge in [-0.15, -0.1) is 0 Å². The number of hydrogen-bond acceptors (Lipinski definition) is 4. The SMILES string of the molecule is CCNc1nc(=O)c(-c2cccnc2Cl)c2cc(C(F)(F)F)ccn12. The fourth-order valence-corrected chi connectivity index (χ4v) is 2.69. The molecule has 3 aromatic rings. The van der Waals surface area contributed by atoms with Crippen molar-refractivity contribution in [2.24, 2.45) is 0 Å². The van der Waals surface area contributed by atoms with Crippen LogP contribution in [0.1, 0.15) is 12.5 Å². The smallest absolute Gasteiger partial charge is 0.356 e. The van der Waals surface area contributed by atoms with Gasteiger partial charge in [0.05, 0.1) is 16.6 Å². The van der Waals surface area contributed by atoms with Gasteiger partial charge in [0.1, 0.15) is 5.15 Å². The van der Waals surface area contributed by atoms with Crippen LogP contribution in [0.15, 0.2) is 41.5 Å². The van der Waals surface area contributed by atoms with Gasteiger partial charge < -0.3 is 5.32 Å². The van der Waals surface area contributed by atoms with Gasteiger partial charge in [-0.1, -0.05) is 11.6 Å². The van der Waals surface area contributed by atoms with Gasteiger partial charge in [0, 0.05) is 24.5 Å². The van der Waals surface area contributed by atoms with Crippen LogP contribution in [-0.4, -0.2) is 20.9 Å². The molecule has 0 aliphatic carbocycles. The molecule has 0 bridgehead atoms. The number of pyridine rings is 2. The Morgan fingerprint density at radius 2 is 2.08 bits per heavy atom. The van der Waals surface area contributed by atoms with Crippen molar-refractivity contribution < 1.29 is 13.2 Å². The first kappa shape index (κ1) is 17.2. The van der Waals surface area contributed by atoms with Gasteiger partial charge in [0.2, 0.25) is 5.95 Å². The van der Waals surface area contributed by atoms with Gasteiger partial charge in [-0.2, -0.15) is 18.2 Å². The fourth-order valence-electron chi connectivity index (χ4n) is 2.48. The summed E-state index contributed by atoms with van der Waals surface area (Å²) < 4.78 is 40.8. The third kappa shape index (κ3) is 3.17. The Hall–Kier alpha value is -2.61. The number of nitrogens with zero attached hydrogens (tertiary/aromatic N) is 3. The van der Waals surface area contributed by atoms with Gasteiger partial charge in [-0.25, -0.2) is 4.98 Å². The zero-order chi connectivity index (χ0) is 18.2. The number of alkyl halides is 3. The standard InChI is InChI=1S/C16H12ClF3N4O/c1-2-21-15-23-14(25)12(10-4-3-6-22-13(10)17)11-8-9(16(18,19)20)5-7-24(11)15/h3-8H,2H2,1H3,(H,21,23,25). The van der Waals surface area contributed by atoms with E-state index in [1.165, 1.54) is 22.9 Å². The van der Waals surface area contributed by atoms with Crippen molar-refractivity contribution in [1.82, 2.24) is 14.4 Å². The molecule has 3 aromatic heterocycles. The van der Waals surface area contributed by atoms with Crippen LogP contribution in [0.25, 0.3) is 16.6 Å². The molecule has 0 aliphatic rings. The number of hydrogen-bond donors (Lipinski definition) is 1. The van der Waals surface area contributed by atoms with Crippen molar-refractivity contribution in [1.29, 1.82) is 0 Å². The maximum Gasteiger partial charge on any atom is 0.416 e. The predicted octanol–water partition coefficient (Wildman–Crippen LogP) is 3.86. The summed E-state index contributed by atoms with van der Waals surface area (Å²) in [6.07, 6.45) is -1.90. The van der Waals surface area contributed by atoms with Crippen LogP contribution in [0.3, 0.4) is 0 Å². The molecule has 0 aromatic carbocycles. The number of nitrogens with one attached hydrogen (secondary N) is 1. The molecule has 0 saturated heterocycles. The van der Waals surface area contributed by atoms with Crippen LogP contribution in [0.2, 0.25) is 5.15 Å². The summed E-state index contributed by atoms with van der Waals surface area (Å²) in [6, 6.07) is 4.89. The maximum atomic E-state index is 13.1. The summed E-state index contributed by atoms with van der Waals surface area (Å²) in [7, 11) is 0. The average molecular weight is 369 g/mol. The molecule has 0 atom stereocenters. The van der Waals surface area contributed by atoms with Crippen LogP contribution >= 0.6 is 11.6 Å². The number of anilines is 1. The minimum Gasteiger partial charge on any atom is -0.356 e. The van der Waals surface area contributed by atoms with Gasteiger partial charge >= 0.3 is 6.18 Å². The van der Waals surface area contributed by atoms with Crippen molar-refractivity contribution in [2.75, 3.05) is 11.9 Å². The minimum atomic E-state index is -4.55. The highest BCUT2D eigenvalue weighted by molar-refractivity contribution is 6.32. The Morgan fingerprint density at radius 1 is 1.32 bits per heavy atom. The summed E-state index contributed by atoms with van der Waals surface area (Å²) in [6.45, 7) is 2.23. The van der Waals surface area contributed by atoms with E-state index >= 15 is 0 Å². The molecule has 0 saturated carbocycles. The lowest BCUT2D eigenvalue weighted by Gasteiger charge is -2.15. The van der Waals surface area contributed by atoms with E-state index in [9.17, 15) is 18.0 Å². The van der Waals surface area contributed by atoms with Crippen LogP contribution in [0.5, 0.6) is 0 Å². The van der Waals surface area contributed by atoms with Crippen LogP contribution in [0, 0.1) is 0 Å². The molecule has 0 fully saturated rings. The largest absolute Gasteiger partial charge is 0.416 e. The van der Waals surface area contributed by atoms with Gasteiger partial charge in [-0.05, 0) is 31.2 Å². The van der Waals surface area contributed by atoms with E-state index in [0.29, 0.717) is 6.54 Å². The van der Waals surface area contributed by atoms with Crippen LogP contribution in [-0.2, 0) is 6.18 Å². The van der Waals surface area contributed by atoms with Crippen molar-refractivity contribution in [3.05, 3.63) is 57.7 Å². The van der Waals surface area contributed by atoms with E-state index in [4.69, 9.17) is 11.6 Å². The second-order valence-corrected chi connectivity index (χ2v) is 5.51. The Balaban J connectivity index is 2.43. The topological polar surface area (TPSA) is 59.3 Å². The monoisotopic (exact) mass is 368 g/mol. The summed E-state index contributed by atoms with van der Waals surface area (Å²) in [5, 5.41) is 2.88. The summed E-state index contributed by atoms with van der Waals surface area (Å²) in [5.74, 6) is 0.153. The van der Waals surface area contributed by atoms with Gasteiger partial charge in [0.25, 0.3) is 5.56 Å². The Kier molecular flexibility index (Phi) is 4.38. The third-order valence-electron chi connectivity index (χ3n) is 3.55. The summed E-state index contributed by atoms with van der Waals surface area (Å²) in [4.78, 5) is 20.3. The lowest BCUT2D eigenvalue weighted by molar-refractivity contribution is -0.137. The summed E-state index contributed by atoms with van der Waals surface area (Å²) in [5.41, 5.74) is -1.33. The highest BCUT2D eigenvalue weighted by Crippen LogP contribution is 2.33. The van der Waals surface area contributed by atoms with E-state index in [1.54, 1.807) is 13.0 Å². The second-order valence-electron chi connectivity index (χ2n) is 5.16. The van der Waals surface area contributed by atoms with Crippen molar-refractivity contribution >= 4 is 23.1 Å². The minimum absolute atomic E-state index is 0.0110. The zero-order valence-electron chi connectivity index (χ0n) is 12.9. The number of fused-ring (bicyclic) bond motifs is 1. The fraction of sp³-hybridized carbons (Fsp3) is 0.188. The van der Waals surface area contributed by atoms with E-state index in [2.05, 4.69) is 15.3 Å². The molecule has 9 heteroatoms. The molecule has 0 radical (unpaired) electrons.